The lowest BCUT2D eigenvalue weighted by Crippen LogP contribution is -2.41. The molecule has 24 heavy (non-hydrogen) atoms. The highest BCUT2D eigenvalue weighted by Gasteiger charge is 2.38. The van der Waals surface area contributed by atoms with Crippen LogP contribution in [0.1, 0.15) is 39.7 Å². The van der Waals surface area contributed by atoms with E-state index in [1.165, 1.54) is 6.07 Å². The molecule has 1 fully saturated rings. The molecule has 0 saturated carbocycles. The van der Waals surface area contributed by atoms with Crippen molar-refractivity contribution in [1.29, 1.82) is 0 Å². The van der Waals surface area contributed by atoms with Gasteiger partial charge in [-0.1, -0.05) is 6.07 Å². The molecule has 134 valence electrons. The molecule has 1 aromatic rings. The number of likely N-dealkylation sites (tertiary alicyclic amines) is 1. The Bertz CT molecular complexity index is 611. The van der Waals surface area contributed by atoms with Crippen molar-refractivity contribution in [1.82, 2.24) is 4.90 Å². The standard InChI is InChI=1S/C17H23F3N2O2/c1-15(2,3)24-14(23)22-9-8-16(4,11-22)21-13-7-5-6-12(10-13)17(18,19)20/h5-7,10,21H,8-9,11H2,1-4H3. The van der Waals surface area contributed by atoms with Gasteiger partial charge in [0.25, 0.3) is 0 Å². The van der Waals surface area contributed by atoms with Gasteiger partial charge in [0.15, 0.2) is 0 Å². The Kier molecular flexibility index (Phi) is 4.74. The van der Waals surface area contributed by atoms with Crippen LogP contribution in [0, 0.1) is 0 Å². The van der Waals surface area contributed by atoms with Crippen molar-refractivity contribution in [3.05, 3.63) is 29.8 Å². The largest absolute Gasteiger partial charge is 0.444 e. The molecule has 4 nitrogen and oxygen atoms in total. The SMILES string of the molecule is CC1(Nc2cccc(C(F)(F)F)c2)CCN(C(=O)OC(C)(C)C)C1. The Hall–Kier alpha value is -1.92. The molecule has 0 spiro atoms. The zero-order valence-electron chi connectivity index (χ0n) is 14.3. The second-order valence-electron chi connectivity index (χ2n) is 7.42. The van der Waals surface area contributed by atoms with Crippen LogP contribution in [-0.4, -0.2) is 35.2 Å². The number of ether oxygens (including phenoxy) is 1. The Morgan fingerprint density at radius 2 is 1.96 bits per heavy atom. The number of carbonyl (C=O) groups excluding carboxylic acids is 1. The van der Waals surface area contributed by atoms with E-state index < -0.39 is 29.0 Å². The van der Waals surface area contributed by atoms with Gasteiger partial charge < -0.3 is 15.0 Å². The van der Waals surface area contributed by atoms with E-state index in [4.69, 9.17) is 4.74 Å². The monoisotopic (exact) mass is 344 g/mol. The van der Waals surface area contributed by atoms with Crippen LogP contribution in [0.25, 0.3) is 0 Å². The third-order valence-corrected chi connectivity index (χ3v) is 3.76. The van der Waals surface area contributed by atoms with Crippen LogP contribution in [0.5, 0.6) is 0 Å². The van der Waals surface area contributed by atoms with Crippen molar-refractivity contribution in [2.75, 3.05) is 18.4 Å². The van der Waals surface area contributed by atoms with E-state index in [0.29, 0.717) is 25.2 Å². The fourth-order valence-corrected chi connectivity index (χ4v) is 2.67. The summed E-state index contributed by atoms with van der Waals surface area (Å²) in [6.45, 7) is 8.14. The van der Waals surface area contributed by atoms with Gasteiger partial charge in [-0.2, -0.15) is 13.2 Å². The first-order valence-electron chi connectivity index (χ1n) is 7.81. The zero-order valence-corrected chi connectivity index (χ0v) is 14.3. The second kappa shape index (κ2) is 6.18. The molecular weight excluding hydrogens is 321 g/mol. The second-order valence-corrected chi connectivity index (χ2v) is 7.42. The van der Waals surface area contributed by atoms with Crippen molar-refractivity contribution < 1.29 is 22.7 Å². The Morgan fingerprint density at radius 3 is 2.54 bits per heavy atom. The summed E-state index contributed by atoms with van der Waals surface area (Å²) in [5, 5.41) is 3.13. The molecule has 2 rings (SSSR count). The lowest BCUT2D eigenvalue weighted by atomic mass is 10.0. The number of halogens is 3. The maximum Gasteiger partial charge on any atom is 0.416 e. The number of rotatable bonds is 2. The van der Waals surface area contributed by atoms with E-state index >= 15 is 0 Å². The fraction of sp³-hybridized carbons (Fsp3) is 0.588. The molecule has 1 aromatic carbocycles. The van der Waals surface area contributed by atoms with Crippen LogP contribution < -0.4 is 5.32 Å². The van der Waals surface area contributed by atoms with Gasteiger partial charge in [-0.15, -0.1) is 0 Å². The van der Waals surface area contributed by atoms with E-state index in [2.05, 4.69) is 5.32 Å². The number of hydrogen-bond donors (Lipinski definition) is 1. The van der Waals surface area contributed by atoms with E-state index in [1.807, 2.05) is 6.92 Å². The number of benzene rings is 1. The number of amides is 1. The summed E-state index contributed by atoms with van der Waals surface area (Å²) >= 11 is 0. The molecule has 0 aromatic heterocycles. The minimum atomic E-state index is -4.38. The third kappa shape index (κ3) is 4.79. The first-order chi connectivity index (χ1) is 10.9. The Balaban J connectivity index is 2.05. The predicted octanol–water partition coefficient (Wildman–Crippen LogP) is 4.52. The van der Waals surface area contributed by atoms with Crippen molar-refractivity contribution >= 4 is 11.8 Å². The zero-order chi connectivity index (χ0) is 18.2. The normalized spacial score (nSPS) is 21.7. The molecule has 0 aliphatic carbocycles. The van der Waals surface area contributed by atoms with Gasteiger partial charge in [-0.3, -0.25) is 0 Å². The third-order valence-electron chi connectivity index (χ3n) is 3.76. The van der Waals surface area contributed by atoms with Crippen LogP contribution in [0.15, 0.2) is 24.3 Å². The molecule has 1 aliphatic rings. The lowest BCUT2D eigenvalue weighted by molar-refractivity contribution is -0.137. The van der Waals surface area contributed by atoms with Crippen molar-refractivity contribution in [2.24, 2.45) is 0 Å². The van der Waals surface area contributed by atoms with Crippen molar-refractivity contribution in [3.63, 3.8) is 0 Å². The van der Waals surface area contributed by atoms with Gasteiger partial charge in [0, 0.05) is 18.8 Å². The van der Waals surface area contributed by atoms with Crippen LogP contribution >= 0.6 is 0 Å². The molecule has 0 radical (unpaired) electrons. The van der Waals surface area contributed by atoms with Crippen LogP contribution in [-0.2, 0) is 10.9 Å². The molecule has 0 bridgehead atoms. The van der Waals surface area contributed by atoms with Gasteiger partial charge in [0.2, 0.25) is 0 Å². The summed E-state index contributed by atoms with van der Waals surface area (Å²) in [4.78, 5) is 13.7. The smallest absolute Gasteiger partial charge is 0.416 e. The molecule has 1 atom stereocenters. The number of anilines is 1. The summed E-state index contributed by atoms with van der Waals surface area (Å²) in [6.07, 6.45) is -4.16. The number of hydrogen-bond acceptors (Lipinski definition) is 3. The summed E-state index contributed by atoms with van der Waals surface area (Å²) in [5.74, 6) is 0. The van der Waals surface area contributed by atoms with Crippen molar-refractivity contribution in [3.8, 4) is 0 Å². The highest BCUT2D eigenvalue weighted by molar-refractivity contribution is 5.69. The van der Waals surface area contributed by atoms with Gasteiger partial charge in [-0.25, -0.2) is 4.79 Å². The number of nitrogens with zero attached hydrogens (tertiary/aromatic N) is 1. The first kappa shape index (κ1) is 18.4. The minimum absolute atomic E-state index is 0.373. The van der Waals surface area contributed by atoms with Gasteiger partial charge in [-0.05, 0) is 52.3 Å². The average Bonchev–Trinajstić information content (AvgIpc) is 2.78. The fourth-order valence-electron chi connectivity index (χ4n) is 2.67. The van der Waals surface area contributed by atoms with E-state index in [0.717, 1.165) is 12.1 Å². The molecule has 1 N–H and O–H groups in total. The van der Waals surface area contributed by atoms with Crippen LogP contribution in [0.2, 0.25) is 0 Å². The minimum Gasteiger partial charge on any atom is -0.444 e. The first-order valence-corrected chi connectivity index (χ1v) is 7.81. The lowest BCUT2D eigenvalue weighted by Gasteiger charge is -2.29. The van der Waals surface area contributed by atoms with Gasteiger partial charge >= 0.3 is 12.3 Å². The molecule has 1 aliphatic heterocycles. The summed E-state index contributed by atoms with van der Waals surface area (Å²) < 4.78 is 43.8. The predicted molar refractivity (Wildman–Crippen MR) is 85.9 cm³/mol. The van der Waals surface area contributed by atoms with Gasteiger partial charge in [0.05, 0.1) is 11.1 Å². The van der Waals surface area contributed by atoms with Gasteiger partial charge in [0.1, 0.15) is 5.60 Å². The maximum absolute atomic E-state index is 12.8. The number of carbonyl (C=O) groups is 1. The molecule has 1 amide bonds. The average molecular weight is 344 g/mol. The highest BCUT2D eigenvalue weighted by atomic mass is 19.4. The topological polar surface area (TPSA) is 41.6 Å². The highest BCUT2D eigenvalue weighted by Crippen LogP contribution is 2.33. The molecule has 7 heteroatoms. The molecular formula is C17H23F3N2O2. The van der Waals surface area contributed by atoms with Crippen LogP contribution in [0.3, 0.4) is 0 Å². The summed E-state index contributed by atoms with van der Waals surface area (Å²) in [5.41, 5.74) is -1.39. The quantitative estimate of drug-likeness (QED) is 0.858. The molecule has 1 saturated heterocycles. The molecule has 1 unspecified atom stereocenters. The van der Waals surface area contributed by atoms with E-state index in [9.17, 15) is 18.0 Å². The van der Waals surface area contributed by atoms with Crippen molar-refractivity contribution in [2.45, 2.75) is 51.4 Å². The summed E-state index contributed by atoms with van der Waals surface area (Å²) in [7, 11) is 0. The maximum atomic E-state index is 12.8. The van der Waals surface area contributed by atoms with Crippen LogP contribution in [0.4, 0.5) is 23.7 Å². The Morgan fingerprint density at radius 1 is 1.29 bits per heavy atom. The number of nitrogens with one attached hydrogen (secondary N) is 1. The van der Waals surface area contributed by atoms with E-state index in [1.54, 1.807) is 31.7 Å². The summed E-state index contributed by atoms with van der Waals surface area (Å²) in [6, 6.07) is 5.09. The van der Waals surface area contributed by atoms with E-state index in [-0.39, 0.29) is 0 Å². The molecule has 1 heterocycles. The number of alkyl halides is 3. The Labute approximate surface area is 140 Å².